The molecule has 0 saturated carbocycles. The average molecular weight is 540 g/mol. The molecule has 1 heterocycles. The van der Waals surface area contributed by atoms with E-state index in [0.29, 0.717) is 10.7 Å². The third kappa shape index (κ3) is 6.67. The van der Waals surface area contributed by atoms with Gasteiger partial charge in [-0.15, -0.1) is 0 Å². The number of ether oxygens (including phenoxy) is 1. The van der Waals surface area contributed by atoms with E-state index in [1.807, 2.05) is 60.7 Å². The van der Waals surface area contributed by atoms with Crippen molar-refractivity contribution in [1.82, 2.24) is 10.4 Å². The summed E-state index contributed by atoms with van der Waals surface area (Å²) < 4.78 is 5.10. The Labute approximate surface area is 223 Å². The van der Waals surface area contributed by atoms with Gasteiger partial charge in [0.25, 0.3) is 11.8 Å². The van der Waals surface area contributed by atoms with E-state index in [-0.39, 0.29) is 18.0 Å². The van der Waals surface area contributed by atoms with Crippen molar-refractivity contribution in [2.24, 2.45) is 5.92 Å². The summed E-state index contributed by atoms with van der Waals surface area (Å²) in [6.45, 7) is -0.603. The Hall–Kier alpha value is -3.88. The van der Waals surface area contributed by atoms with Gasteiger partial charge in [0.1, 0.15) is 0 Å². The molecule has 1 fully saturated rings. The summed E-state index contributed by atoms with van der Waals surface area (Å²) in [5, 5.41) is 4.29. The fourth-order valence-electron chi connectivity index (χ4n) is 3.98. The number of hydrazine groups is 1. The quantitative estimate of drug-likeness (QED) is 0.417. The number of carbonyl (C=O) groups is 4. The van der Waals surface area contributed by atoms with Gasteiger partial charge in [-0.05, 0) is 29.3 Å². The maximum absolute atomic E-state index is 13.3. The van der Waals surface area contributed by atoms with E-state index < -0.39 is 42.1 Å². The first-order chi connectivity index (χ1) is 17.8. The predicted molar refractivity (Wildman–Crippen MR) is 139 cm³/mol. The fourth-order valence-corrected chi connectivity index (χ4v) is 4.28. The molecular formula is C27H23Cl2N3O5. The van der Waals surface area contributed by atoms with Crippen LogP contribution in [0.3, 0.4) is 0 Å². The van der Waals surface area contributed by atoms with Gasteiger partial charge >= 0.3 is 5.97 Å². The second-order valence-electron chi connectivity index (χ2n) is 8.42. The number of benzene rings is 3. The largest absolute Gasteiger partial charge is 0.455 e. The molecule has 0 bridgehead atoms. The SMILES string of the molecule is O=C(COC(=O)[C@H]1CC(=O)N(NC(=O)C(c2ccccc2)c2ccccc2)C1)Nc1ccc(Cl)c(Cl)c1. The highest BCUT2D eigenvalue weighted by Gasteiger charge is 2.37. The lowest BCUT2D eigenvalue weighted by Crippen LogP contribution is -2.45. The van der Waals surface area contributed by atoms with Crippen LogP contribution in [0.25, 0.3) is 0 Å². The topological polar surface area (TPSA) is 105 Å². The number of amides is 3. The van der Waals surface area contributed by atoms with Crippen LogP contribution in [0.15, 0.2) is 78.9 Å². The van der Waals surface area contributed by atoms with Gasteiger partial charge in [0.15, 0.2) is 6.61 Å². The van der Waals surface area contributed by atoms with Crippen molar-refractivity contribution in [3.63, 3.8) is 0 Å². The Kier molecular flexibility index (Phi) is 8.43. The van der Waals surface area contributed by atoms with Crippen LogP contribution in [0.5, 0.6) is 0 Å². The first-order valence-electron chi connectivity index (χ1n) is 11.4. The molecule has 0 unspecified atom stereocenters. The normalized spacial score (nSPS) is 14.9. The van der Waals surface area contributed by atoms with Crippen LogP contribution in [0.1, 0.15) is 23.5 Å². The van der Waals surface area contributed by atoms with E-state index in [1.165, 1.54) is 12.1 Å². The van der Waals surface area contributed by atoms with E-state index in [4.69, 9.17) is 27.9 Å². The minimum absolute atomic E-state index is 0.0614. The molecule has 2 N–H and O–H groups in total. The summed E-state index contributed by atoms with van der Waals surface area (Å²) in [4.78, 5) is 50.5. The van der Waals surface area contributed by atoms with Crippen LogP contribution in [0, 0.1) is 5.92 Å². The first kappa shape index (κ1) is 26.2. The minimum atomic E-state index is -0.822. The maximum Gasteiger partial charge on any atom is 0.311 e. The van der Waals surface area contributed by atoms with Crippen molar-refractivity contribution in [3.05, 3.63) is 100 Å². The molecule has 0 spiro atoms. The molecule has 0 aromatic heterocycles. The maximum atomic E-state index is 13.3. The molecule has 3 aromatic carbocycles. The number of nitrogens with one attached hydrogen (secondary N) is 2. The van der Waals surface area contributed by atoms with Crippen molar-refractivity contribution in [2.75, 3.05) is 18.5 Å². The summed E-state index contributed by atoms with van der Waals surface area (Å²) in [6.07, 6.45) is -0.144. The number of carbonyl (C=O) groups excluding carboxylic acids is 4. The third-order valence-corrected chi connectivity index (χ3v) is 6.52. The van der Waals surface area contributed by atoms with Gasteiger partial charge in [-0.3, -0.25) is 29.6 Å². The standard InChI is InChI=1S/C27H23Cl2N3O5/c28-21-12-11-20(14-22(21)29)30-23(33)16-37-27(36)19-13-24(34)32(15-19)31-26(35)25(17-7-3-1-4-8-17)18-9-5-2-6-10-18/h1-12,14,19,25H,13,15-16H2,(H,30,33)(H,31,35)/t19-/m0/s1. The molecule has 10 heteroatoms. The average Bonchev–Trinajstić information content (AvgIpc) is 3.26. The molecule has 190 valence electrons. The van der Waals surface area contributed by atoms with E-state index >= 15 is 0 Å². The Bertz CT molecular complexity index is 1260. The predicted octanol–water partition coefficient (Wildman–Crippen LogP) is 4.19. The molecule has 0 radical (unpaired) electrons. The number of anilines is 1. The Morgan fingerprint density at radius 3 is 2.14 bits per heavy atom. The smallest absolute Gasteiger partial charge is 0.311 e. The summed E-state index contributed by atoms with van der Waals surface area (Å²) in [7, 11) is 0. The lowest BCUT2D eigenvalue weighted by atomic mass is 9.91. The number of hydrogen-bond donors (Lipinski definition) is 2. The third-order valence-electron chi connectivity index (χ3n) is 5.78. The van der Waals surface area contributed by atoms with Crippen LogP contribution in [0.4, 0.5) is 5.69 Å². The van der Waals surface area contributed by atoms with Gasteiger partial charge in [0, 0.05) is 12.1 Å². The molecular weight excluding hydrogens is 517 g/mol. The number of nitrogens with zero attached hydrogens (tertiary/aromatic N) is 1. The Morgan fingerprint density at radius 2 is 1.54 bits per heavy atom. The van der Waals surface area contributed by atoms with Crippen LogP contribution in [0.2, 0.25) is 10.0 Å². The Balaban J connectivity index is 1.34. The van der Waals surface area contributed by atoms with Crippen LogP contribution >= 0.6 is 23.2 Å². The second-order valence-corrected chi connectivity index (χ2v) is 9.24. The van der Waals surface area contributed by atoms with E-state index in [1.54, 1.807) is 6.07 Å². The van der Waals surface area contributed by atoms with Crippen molar-refractivity contribution in [1.29, 1.82) is 0 Å². The molecule has 1 saturated heterocycles. The first-order valence-corrected chi connectivity index (χ1v) is 12.2. The fraction of sp³-hybridized carbons (Fsp3) is 0.185. The summed E-state index contributed by atoms with van der Waals surface area (Å²) >= 11 is 11.8. The molecule has 1 atom stereocenters. The zero-order valence-electron chi connectivity index (χ0n) is 19.5. The molecule has 1 aliphatic rings. The summed E-state index contributed by atoms with van der Waals surface area (Å²) in [5.74, 6) is -3.58. The lowest BCUT2D eigenvalue weighted by Gasteiger charge is -2.23. The zero-order valence-corrected chi connectivity index (χ0v) is 21.0. The van der Waals surface area contributed by atoms with Crippen molar-refractivity contribution in [2.45, 2.75) is 12.3 Å². The van der Waals surface area contributed by atoms with E-state index in [0.717, 1.165) is 16.1 Å². The number of halogens is 2. The van der Waals surface area contributed by atoms with Crippen LogP contribution in [-0.2, 0) is 23.9 Å². The highest BCUT2D eigenvalue weighted by Crippen LogP contribution is 2.27. The molecule has 1 aliphatic heterocycles. The number of rotatable bonds is 8. The molecule has 8 nitrogen and oxygen atoms in total. The highest BCUT2D eigenvalue weighted by atomic mass is 35.5. The van der Waals surface area contributed by atoms with Crippen LogP contribution < -0.4 is 10.7 Å². The van der Waals surface area contributed by atoms with E-state index in [9.17, 15) is 19.2 Å². The number of hydrogen-bond acceptors (Lipinski definition) is 5. The number of esters is 1. The van der Waals surface area contributed by atoms with Crippen molar-refractivity contribution < 1.29 is 23.9 Å². The van der Waals surface area contributed by atoms with Crippen molar-refractivity contribution >= 4 is 52.6 Å². The summed E-state index contributed by atoms with van der Waals surface area (Å²) in [5.41, 5.74) is 4.58. The van der Waals surface area contributed by atoms with Crippen molar-refractivity contribution in [3.8, 4) is 0 Å². The molecule has 4 rings (SSSR count). The molecule has 3 amide bonds. The van der Waals surface area contributed by atoms with Gasteiger partial charge in [-0.25, -0.2) is 0 Å². The lowest BCUT2D eigenvalue weighted by molar-refractivity contribution is -0.151. The van der Waals surface area contributed by atoms with Gasteiger partial charge < -0.3 is 10.1 Å². The second kappa shape index (κ2) is 11.9. The van der Waals surface area contributed by atoms with Gasteiger partial charge in [0.05, 0.1) is 28.4 Å². The van der Waals surface area contributed by atoms with E-state index in [2.05, 4.69) is 10.7 Å². The van der Waals surface area contributed by atoms with Crippen LogP contribution in [-0.4, -0.2) is 41.9 Å². The zero-order chi connectivity index (χ0) is 26.4. The van der Waals surface area contributed by atoms with Gasteiger partial charge in [-0.1, -0.05) is 83.9 Å². The monoisotopic (exact) mass is 539 g/mol. The highest BCUT2D eigenvalue weighted by molar-refractivity contribution is 6.42. The van der Waals surface area contributed by atoms with Gasteiger partial charge in [-0.2, -0.15) is 0 Å². The van der Waals surface area contributed by atoms with Gasteiger partial charge in [0.2, 0.25) is 5.91 Å². The molecule has 37 heavy (non-hydrogen) atoms. The molecule has 0 aliphatic carbocycles. The minimum Gasteiger partial charge on any atom is -0.455 e. The molecule has 3 aromatic rings. The Morgan fingerprint density at radius 1 is 0.919 bits per heavy atom. The summed E-state index contributed by atoms with van der Waals surface area (Å²) in [6, 6.07) is 23.0.